The molecule has 0 radical (unpaired) electrons. The molecule has 1 fully saturated rings. The highest BCUT2D eigenvalue weighted by Crippen LogP contribution is 2.30. The Labute approximate surface area is 150 Å². The highest BCUT2D eigenvalue weighted by molar-refractivity contribution is 7.86. The third-order valence-corrected chi connectivity index (χ3v) is 6.33. The van der Waals surface area contributed by atoms with Crippen molar-refractivity contribution in [3.05, 3.63) is 28.8 Å². The summed E-state index contributed by atoms with van der Waals surface area (Å²) < 4.78 is 32.4. The Morgan fingerprint density at radius 1 is 1.42 bits per heavy atom. The van der Waals surface area contributed by atoms with Crippen molar-refractivity contribution in [3.63, 3.8) is 0 Å². The standard InChI is InChI=1S/C17H27ClFN3OS/c1-5-21(6-2)15-9-10-22(12-15)24(19,23)20-14-7-8-16(13(3)4)17(18)11-14/h7-8,11,13,15H,5-6,9-10,12H2,1-4H3. The van der Waals surface area contributed by atoms with Gasteiger partial charge in [-0.15, -0.1) is 3.89 Å². The van der Waals surface area contributed by atoms with E-state index in [1.165, 1.54) is 4.31 Å². The summed E-state index contributed by atoms with van der Waals surface area (Å²) in [6, 6.07) is 5.33. The Morgan fingerprint density at radius 3 is 2.62 bits per heavy atom. The summed E-state index contributed by atoms with van der Waals surface area (Å²) in [5.41, 5.74) is 1.30. The molecule has 2 rings (SSSR count). The zero-order valence-corrected chi connectivity index (χ0v) is 16.4. The van der Waals surface area contributed by atoms with E-state index in [-0.39, 0.29) is 12.0 Å². The molecule has 136 valence electrons. The number of halogens is 2. The average molecular weight is 376 g/mol. The molecular weight excluding hydrogens is 349 g/mol. The molecule has 0 saturated carbocycles. The van der Waals surface area contributed by atoms with Gasteiger partial charge < -0.3 is 0 Å². The van der Waals surface area contributed by atoms with E-state index in [1.807, 2.05) is 19.9 Å². The Hall–Kier alpha value is -0.690. The third kappa shape index (κ3) is 4.48. The van der Waals surface area contributed by atoms with Crippen LogP contribution < -0.4 is 0 Å². The molecule has 0 bridgehead atoms. The van der Waals surface area contributed by atoms with Gasteiger partial charge >= 0.3 is 0 Å². The molecule has 2 unspecified atom stereocenters. The van der Waals surface area contributed by atoms with Crippen LogP contribution in [-0.2, 0) is 10.3 Å². The lowest BCUT2D eigenvalue weighted by molar-refractivity contribution is 0.224. The lowest BCUT2D eigenvalue weighted by atomic mass is 10.0. The van der Waals surface area contributed by atoms with Gasteiger partial charge in [-0.2, -0.15) is 12.9 Å². The third-order valence-electron chi connectivity index (χ3n) is 4.60. The van der Waals surface area contributed by atoms with Crippen LogP contribution in [0.3, 0.4) is 0 Å². The first-order chi connectivity index (χ1) is 11.3. The van der Waals surface area contributed by atoms with Crippen LogP contribution in [-0.4, -0.2) is 45.6 Å². The van der Waals surface area contributed by atoms with E-state index in [0.717, 1.165) is 25.1 Å². The van der Waals surface area contributed by atoms with Crippen molar-refractivity contribution >= 4 is 27.6 Å². The fraction of sp³-hybridized carbons (Fsp3) is 0.647. The van der Waals surface area contributed by atoms with Crippen molar-refractivity contribution < 1.29 is 8.09 Å². The number of likely N-dealkylation sites (N-methyl/N-ethyl adjacent to an activating group) is 1. The second-order valence-corrected chi connectivity index (χ2v) is 8.40. The summed E-state index contributed by atoms with van der Waals surface area (Å²) in [4.78, 5) is 2.27. The van der Waals surface area contributed by atoms with Gasteiger partial charge in [0.25, 0.3) is 10.3 Å². The molecule has 7 heteroatoms. The zero-order valence-electron chi connectivity index (χ0n) is 14.8. The van der Waals surface area contributed by atoms with E-state index < -0.39 is 10.3 Å². The number of benzene rings is 1. The minimum Gasteiger partial charge on any atom is -0.300 e. The fourth-order valence-corrected chi connectivity index (χ4v) is 4.75. The number of nitrogens with zero attached hydrogens (tertiary/aromatic N) is 3. The molecular formula is C17H27ClFN3OS. The first kappa shape index (κ1) is 19.6. The molecule has 1 aliphatic rings. The molecule has 0 N–H and O–H groups in total. The van der Waals surface area contributed by atoms with Gasteiger partial charge in [-0.05, 0) is 43.1 Å². The van der Waals surface area contributed by atoms with Crippen LogP contribution in [0.2, 0.25) is 5.02 Å². The maximum atomic E-state index is 14.7. The van der Waals surface area contributed by atoms with Gasteiger partial charge in [-0.3, -0.25) is 4.90 Å². The van der Waals surface area contributed by atoms with Gasteiger partial charge in [0.1, 0.15) is 0 Å². The van der Waals surface area contributed by atoms with E-state index >= 15 is 0 Å². The molecule has 0 aromatic heterocycles. The van der Waals surface area contributed by atoms with Gasteiger partial charge in [-0.1, -0.05) is 45.4 Å². The smallest absolute Gasteiger partial charge is 0.275 e. The van der Waals surface area contributed by atoms with E-state index in [9.17, 15) is 8.09 Å². The van der Waals surface area contributed by atoms with Crippen LogP contribution in [0.5, 0.6) is 0 Å². The van der Waals surface area contributed by atoms with Crippen molar-refractivity contribution in [1.29, 1.82) is 0 Å². The second-order valence-electron chi connectivity index (χ2n) is 6.44. The van der Waals surface area contributed by atoms with E-state index in [0.29, 0.717) is 23.8 Å². The Morgan fingerprint density at radius 2 is 2.08 bits per heavy atom. The molecule has 0 amide bonds. The van der Waals surface area contributed by atoms with Crippen molar-refractivity contribution in [3.8, 4) is 0 Å². The monoisotopic (exact) mass is 375 g/mol. The molecule has 1 aromatic rings. The SMILES string of the molecule is CCN(CC)C1CCN(S(=O)(F)=Nc2ccc(C(C)C)c(Cl)c2)C1. The topological polar surface area (TPSA) is 35.9 Å². The summed E-state index contributed by atoms with van der Waals surface area (Å²) in [7, 11) is -3.92. The lowest BCUT2D eigenvalue weighted by Gasteiger charge is -2.25. The van der Waals surface area contributed by atoms with Crippen molar-refractivity contribution in [2.45, 2.75) is 46.1 Å². The van der Waals surface area contributed by atoms with Crippen molar-refractivity contribution in [1.82, 2.24) is 9.21 Å². The van der Waals surface area contributed by atoms with Gasteiger partial charge in [0.05, 0.1) is 5.69 Å². The minimum atomic E-state index is -3.92. The Kier molecular flexibility index (Phi) is 6.65. The zero-order chi connectivity index (χ0) is 17.9. The highest BCUT2D eigenvalue weighted by atomic mass is 35.5. The summed E-state index contributed by atoms with van der Waals surface area (Å²) >= 11 is 6.22. The van der Waals surface area contributed by atoms with Crippen LogP contribution in [0.4, 0.5) is 9.57 Å². The van der Waals surface area contributed by atoms with E-state index in [1.54, 1.807) is 12.1 Å². The van der Waals surface area contributed by atoms with Crippen molar-refractivity contribution in [2.24, 2.45) is 4.36 Å². The predicted octanol–water partition coefficient (Wildman–Crippen LogP) is 4.78. The van der Waals surface area contributed by atoms with E-state index in [2.05, 4.69) is 23.1 Å². The summed E-state index contributed by atoms with van der Waals surface area (Å²) in [5.74, 6) is 0.273. The molecule has 1 aliphatic heterocycles. The first-order valence-electron chi connectivity index (χ1n) is 8.53. The Bertz CT molecular complexity index is 684. The van der Waals surface area contributed by atoms with Crippen LogP contribution >= 0.6 is 11.6 Å². The minimum absolute atomic E-state index is 0.235. The number of rotatable bonds is 6. The van der Waals surface area contributed by atoms with Crippen molar-refractivity contribution in [2.75, 3.05) is 26.2 Å². The molecule has 1 saturated heterocycles. The lowest BCUT2D eigenvalue weighted by Crippen LogP contribution is -2.37. The van der Waals surface area contributed by atoms with Gasteiger partial charge in [0.2, 0.25) is 0 Å². The highest BCUT2D eigenvalue weighted by Gasteiger charge is 2.32. The quantitative estimate of drug-likeness (QED) is 0.671. The number of hydrogen-bond acceptors (Lipinski definition) is 3. The summed E-state index contributed by atoms with van der Waals surface area (Å²) in [6.45, 7) is 11.0. The largest absolute Gasteiger partial charge is 0.300 e. The molecule has 2 atom stereocenters. The maximum absolute atomic E-state index is 14.7. The van der Waals surface area contributed by atoms with Gasteiger partial charge in [-0.25, -0.2) is 0 Å². The fourth-order valence-electron chi connectivity index (χ4n) is 3.18. The van der Waals surface area contributed by atoms with E-state index in [4.69, 9.17) is 11.6 Å². The first-order valence-corrected chi connectivity index (χ1v) is 10.3. The second kappa shape index (κ2) is 8.13. The molecule has 0 spiro atoms. The van der Waals surface area contributed by atoms with Crippen LogP contribution in [0.1, 0.15) is 45.6 Å². The molecule has 4 nitrogen and oxygen atoms in total. The molecule has 0 aliphatic carbocycles. The molecule has 24 heavy (non-hydrogen) atoms. The van der Waals surface area contributed by atoms with Gasteiger partial charge in [0, 0.05) is 24.2 Å². The van der Waals surface area contributed by atoms with Gasteiger partial charge in [0.15, 0.2) is 0 Å². The Balaban J connectivity index is 2.20. The maximum Gasteiger partial charge on any atom is 0.275 e. The molecule has 1 heterocycles. The number of hydrogen-bond donors (Lipinski definition) is 0. The van der Waals surface area contributed by atoms with Crippen LogP contribution in [0, 0.1) is 0 Å². The average Bonchev–Trinajstić information content (AvgIpc) is 2.98. The van der Waals surface area contributed by atoms with Crippen LogP contribution in [0.15, 0.2) is 22.6 Å². The summed E-state index contributed by atoms with van der Waals surface area (Å²) in [5, 5.41) is 0.531. The predicted molar refractivity (Wildman–Crippen MR) is 99.8 cm³/mol. The summed E-state index contributed by atoms with van der Waals surface area (Å²) in [6.07, 6.45) is 0.811. The molecule has 1 aromatic carbocycles. The van der Waals surface area contributed by atoms with Crippen LogP contribution in [0.25, 0.3) is 0 Å². The normalized spacial score (nSPS) is 21.4.